The van der Waals surface area contributed by atoms with E-state index in [1.54, 1.807) is 11.1 Å². The Morgan fingerprint density at radius 1 is 1.53 bits per heavy atom. The summed E-state index contributed by atoms with van der Waals surface area (Å²) in [5.74, 6) is -0.230. The maximum Gasteiger partial charge on any atom is 0.325 e. The molecule has 7 nitrogen and oxygen atoms in total. The van der Waals surface area contributed by atoms with Crippen LogP contribution in [0.3, 0.4) is 0 Å². The molecule has 2 rings (SSSR count). The van der Waals surface area contributed by atoms with Crippen LogP contribution < -0.4 is 5.32 Å². The number of nitrogens with one attached hydrogen (secondary N) is 1. The summed E-state index contributed by atoms with van der Waals surface area (Å²) in [5.41, 5.74) is 0. The molecule has 0 radical (unpaired) electrons. The average molecular weight is 238 g/mol. The van der Waals surface area contributed by atoms with Crippen LogP contribution in [0.25, 0.3) is 0 Å². The Labute approximate surface area is 98.0 Å². The quantitative estimate of drug-likeness (QED) is 0.752. The molecule has 1 aliphatic rings. The van der Waals surface area contributed by atoms with Gasteiger partial charge in [-0.3, -0.25) is 4.79 Å². The molecule has 0 spiro atoms. The molecule has 17 heavy (non-hydrogen) atoms. The van der Waals surface area contributed by atoms with Crippen molar-refractivity contribution in [2.24, 2.45) is 0 Å². The fourth-order valence-electron chi connectivity index (χ4n) is 1.69. The van der Waals surface area contributed by atoms with Crippen LogP contribution in [0.15, 0.2) is 12.4 Å². The number of aliphatic carboxylic acids is 1. The number of fused-ring (bicyclic) bond motifs is 1. The van der Waals surface area contributed by atoms with Crippen LogP contribution in [0, 0.1) is 0 Å². The molecule has 7 heteroatoms. The van der Waals surface area contributed by atoms with Gasteiger partial charge in [0.15, 0.2) is 0 Å². The SMILES string of the molecule is C[C@@H](NC(=O)N1CCn2ccnc2C1)C(=O)O. The van der Waals surface area contributed by atoms with Gasteiger partial charge in [-0.05, 0) is 6.92 Å². The maximum atomic E-state index is 11.8. The Kier molecular flexibility index (Phi) is 2.99. The van der Waals surface area contributed by atoms with E-state index in [1.165, 1.54) is 6.92 Å². The Morgan fingerprint density at radius 3 is 3.00 bits per heavy atom. The number of carboxylic acids is 1. The van der Waals surface area contributed by atoms with Gasteiger partial charge in [0.25, 0.3) is 0 Å². The van der Waals surface area contributed by atoms with Crippen molar-refractivity contribution in [3.8, 4) is 0 Å². The molecule has 1 atom stereocenters. The highest BCUT2D eigenvalue weighted by atomic mass is 16.4. The summed E-state index contributed by atoms with van der Waals surface area (Å²) in [5, 5.41) is 11.1. The van der Waals surface area contributed by atoms with E-state index in [-0.39, 0.29) is 6.03 Å². The summed E-state index contributed by atoms with van der Waals surface area (Å²) < 4.78 is 1.98. The van der Waals surface area contributed by atoms with Gasteiger partial charge in [-0.1, -0.05) is 0 Å². The molecule has 2 heterocycles. The molecule has 0 unspecified atom stereocenters. The van der Waals surface area contributed by atoms with E-state index >= 15 is 0 Å². The molecule has 2 N–H and O–H groups in total. The van der Waals surface area contributed by atoms with E-state index < -0.39 is 12.0 Å². The summed E-state index contributed by atoms with van der Waals surface area (Å²) in [7, 11) is 0. The number of urea groups is 1. The van der Waals surface area contributed by atoms with Crippen LogP contribution in [-0.4, -0.2) is 44.1 Å². The topological polar surface area (TPSA) is 87.5 Å². The first kappa shape index (κ1) is 11.4. The number of aromatic nitrogens is 2. The van der Waals surface area contributed by atoms with Gasteiger partial charge in [-0.25, -0.2) is 9.78 Å². The minimum atomic E-state index is -1.04. The lowest BCUT2D eigenvalue weighted by Gasteiger charge is -2.28. The number of hydrogen-bond donors (Lipinski definition) is 2. The first-order chi connectivity index (χ1) is 8.08. The van der Waals surface area contributed by atoms with Crippen LogP contribution in [0.5, 0.6) is 0 Å². The molecule has 92 valence electrons. The number of nitrogens with zero attached hydrogens (tertiary/aromatic N) is 3. The van der Waals surface area contributed by atoms with Crippen LogP contribution in [0.4, 0.5) is 4.79 Å². The Bertz CT molecular complexity index is 443. The monoisotopic (exact) mass is 238 g/mol. The van der Waals surface area contributed by atoms with E-state index in [9.17, 15) is 9.59 Å². The lowest BCUT2D eigenvalue weighted by Crippen LogP contribution is -2.48. The molecular formula is C10H14N4O3. The van der Waals surface area contributed by atoms with Gasteiger partial charge in [0.2, 0.25) is 0 Å². The fraction of sp³-hybridized carbons (Fsp3) is 0.500. The predicted molar refractivity (Wildman–Crippen MR) is 58.3 cm³/mol. The van der Waals surface area contributed by atoms with Crippen LogP contribution in [-0.2, 0) is 17.9 Å². The third-order valence-corrected chi connectivity index (χ3v) is 2.74. The maximum absolute atomic E-state index is 11.8. The summed E-state index contributed by atoms with van der Waals surface area (Å²) in [6.07, 6.45) is 3.56. The van der Waals surface area contributed by atoms with Crippen molar-refractivity contribution in [2.75, 3.05) is 6.54 Å². The van der Waals surface area contributed by atoms with Gasteiger partial charge < -0.3 is 19.9 Å². The highest BCUT2D eigenvalue weighted by Gasteiger charge is 2.23. The highest BCUT2D eigenvalue weighted by molar-refractivity contribution is 5.82. The van der Waals surface area contributed by atoms with Crippen LogP contribution >= 0.6 is 0 Å². The zero-order valence-electron chi connectivity index (χ0n) is 9.46. The van der Waals surface area contributed by atoms with Gasteiger partial charge in [0.05, 0.1) is 6.54 Å². The minimum Gasteiger partial charge on any atom is -0.480 e. The van der Waals surface area contributed by atoms with E-state index in [0.717, 1.165) is 5.82 Å². The van der Waals surface area contributed by atoms with Gasteiger partial charge >= 0.3 is 12.0 Å². The van der Waals surface area contributed by atoms with Gasteiger partial charge in [-0.2, -0.15) is 0 Å². The van der Waals surface area contributed by atoms with E-state index in [1.807, 2.05) is 10.8 Å². The van der Waals surface area contributed by atoms with Crippen molar-refractivity contribution in [2.45, 2.75) is 26.1 Å². The van der Waals surface area contributed by atoms with Crippen LogP contribution in [0.2, 0.25) is 0 Å². The van der Waals surface area contributed by atoms with E-state index in [0.29, 0.717) is 19.6 Å². The Morgan fingerprint density at radius 2 is 2.29 bits per heavy atom. The molecule has 0 aromatic carbocycles. The molecule has 2 amide bonds. The smallest absolute Gasteiger partial charge is 0.325 e. The molecule has 1 aliphatic heterocycles. The number of rotatable bonds is 2. The van der Waals surface area contributed by atoms with Gasteiger partial charge in [0, 0.05) is 25.5 Å². The molecule has 0 saturated heterocycles. The van der Waals surface area contributed by atoms with Crippen molar-refractivity contribution < 1.29 is 14.7 Å². The number of carboxylic acid groups (broad SMARTS) is 1. The number of carbonyl (C=O) groups is 2. The van der Waals surface area contributed by atoms with Crippen LogP contribution in [0.1, 0.15) is 12.7 Å². The van der Waals surface area contributed by atoms with E-state index in [2.05, 4.69) is 10.3 Å². The fourth-order valence-corrected chi connectivity index (χ4v) is 1.69. The highest BCUT2D eigenvalue weighted by Crippen LogP contribution is 2.10. The molecular weight excluding hydrogens is 224 g/mol. The van der Waals surface area contributed by atoms with Crippen molar-refractivity contribution in [3.05, 3.63) is 18.2 Å². The number of imidazole rings is 1. The number of hydrogen-bond acceptors (Lipinski definition) is 3. The van der Waals surface area contributed by atoms with Gasteiger partial charge in [0.1, 0.15) is 11.9 Å². The first-order valence-corrected chi connectivity index (χ1v) is 5.36. The minimum absolute atomic E-state index is 0.367. The third-order valence-electron chi connectivity index (χ3n) is 2.74. The zero-order chi connectivity index (χ0) is 12.4. The number of amides is 2. The molecule has 0 fully saturated rings. The summed E-state index contributed by atoms with van der Waals surface area (Å²) in [6, 6.07) is -1.25. The summed E-state index contributed by atoms with van der Waals surface area (Å²) >= 11 is 0. The lowest BCUT2D eigenvalue weighted by atomic mass is 10.3. The molecule has 1 aromatic heterocycles. The number of carbonyl (C=O) groups excluding carboxylic acids is 1. The second-order valence-electron chi connectivity index (χ2n) is 3.97. The molecule has 1 aromatic rings. The molecule has 0 aliphatic carbocycles. The lowest BCUT2D eigenvalue weighted by molar-refractivity contribution is -0.138. The summed E-state index contributed by atoms with van der Waals surface area (Å²) in [4.78, 5) is 28.1. The van der Waals surface area contributed by atoms with Crippen molar-refractivity contribution in [3.63, 3.8) is 0 Å². The third kappa shape index (κ3) is 2.38. The normalized spacial score (nSPS) is 16.2. The zero-order valence-corrected chi connectivity index (χ0v) is 9.46. The molecule has 0 bridgehead atoms. The average Bonchev–Trinajstić information content (AvgIpc) is 2.75. The Balaban J connectivity index is 1.96. The largest absolute Gasteiger partial charge is 0.480 e. The first-order valence-electron chi connectivity index (χ1n) is 5.36. The van der Waals surface area contributed by atoms with Crippen molar-refractivity contribution in [1.82, 2.24) is 19.8 Å². The van der Waals surface area contributed by atoms with Gasteiger partial charge in [-0.15, -0.1) is 0 Å². The Hall–Kier alpha value is -2.05. The van der Waals surface area contributed by atoms with Crippen molar-refractivity contribution >= 4 is 12.0 Å². The predicted octanol–water partition coefficient (Wildman–Crippen LogP) is -0.119. The standard InChI is InChI=1S/C10H14N4O3/c1-7(9(15)16)12-10(17)14-5-4-13-3-2-11-8(13)6-14/h2-3,7H,4-6H2,1H3,(H,12,17)(H,15,16)/t7-/m1/s1. The van der Waals surface area contributed by atoms with Crippen molar-refractivity contribution in [1.29, 1.82) is 0 Å². The second kappa shape index (κ2) is 4.44. The van der Waals surface area contributed by atoms with E-state index in [4.69, 9.17) is 5.11 Å². The second-order valence-corrected chi connectivity index (χ2v) is 3.97. The summed E-state index contributed by atoms with van der Waals surface area (Å²) in [6.45, 7) is 3.09. The molecule has 0 saturated carbocycles.